The van der Waals surface area contributed by atoms with Crippen molar-refractivity contribution >= 4 is 11.7 Å². The molecule has 4 nitrogen and oxygen atoms in total. The quantitative estimate of drug-likeness (QED) is 0.805. The summed E-state index contributed by atoms with van der Waals surface area (Å²) in [6, 6.07) is 2.12. The number of carbonyl (C=O) groups excluding carboxylic acids is 2. The highest BCUT2D eigenvalue weighted by Crippen LogP contribution is 2.24. The lowest BCUT2D eigenvalue weighted by Crippen LogP contribution is -2.47. The molecule has 120 valence electrons. The summed E-state index contributed by atoms with van der Waals surface area (Å²) >= 11 is 0. The van der Waals surface area contributed by atoms with E-state index in [0.29, 0.717) is 0 Å². The van der Waals surface area contributed by atoms with Gasteiger partial charge < -0.3 is 4.90 Å². The number of nitrogens with zero attached hydrogens (tertiary/aromatic N) is 2. The number of amides is 1. The predicted molar refractivity (Wildman–Crippen MR) is 88.2 cm³/mol. The number of Topliss-reactive ketones (excluding diaryl/α,β-unsaturated/α-hetero) is 1. The Morgan fingerprint density at radius 1 is 1.00 bits per heavy atom. The van der Waals surface area contributed by atoms with E-state index >= 15 is 0 Å². The van der Waals surface area contributed by atoms with E-state index in [9.17, 15) is 9.59 Å². The lowest BCUT2D eigenvalue weighted by atomic mass is 9.91. The van der Waals surface area contributed by atoms with Gasteiger partial charge in [-0.05, 0) is 49.9 Å². The van der Waals surface area contributed by atoms with E-state index in [0.717, 1.165) is 49.4 Å². The third-order valence-electron chi connectivity index (χ3n) is 4.68. The number of aryl methyl sites for hydroxylation is 2. The monoisotopic (exact) mass is 302 g/mol. The van der Waals surface area contributed by atoms with Crippen LogP contribution in [0, 0.1) is 20.8 Å². The average molecular weight is 302 g/mol. The molecule has 0 atom stereocenters. The second-order valence-corrected chi connectivity index (χ2v) is 6.33. The first-order chi connectivity index (χ1) is 10.3. The van der Waals surface area contributed by atoms with Crippen molar-refractivity contribution in [3.05, 3.63) is 33.9 Å². The van der Waals surface area contributed by atoms with E-state index in [1.165, 1.54) is 11.1 Å². The van der Waals surface area contributed by atoms with Crippen LogP contribution in [0.25, 0.3) is 0 Å². The van der Waals surface area contributed by atoms with Crippen LogP contribution < -0.4 is 0 Å². The number of hydrogen-bond donors (Lipinski definition) is 0. The molecule has 1 heterocycles. The standard InChI is InChI=1S/C18H26N2O2/c1-12-10-13(2)18(15(4)21)14(3)17(12)11-19-6-8-20(9-7-19)16(5)22/h10H,6-9,11H2,1-5H3. The molecule has 1 aliphatic rings. The van der Waals surface area contributed by atoms with Crippen molar-refractivity contribution in [1.29, 1.82) is 0 Å². The van der Waals surface area contributed by atoms with E-state index in [2.05, 4.69) is 24.8 Å². The molecule has 0 N–H and O–H groups in total. The molecule has 1 aromatic carbocycles. The third kappa shape index (κ3) is 3.38. The van der Waals surface area contributed by atoms with Crippen molar-refractivity contribution in [2.24, 2.45) is 0 Å². The zero-order chi connectivity index (χ0) is 16.4. The molecule has 0 saturated carbocycles. The number of rotatable bonds is 3. The van der Waals surface area contributed by atoms with Crippen LogP contribution in [-0.4, -0.2) is 47.7 Å². The van der Waals surface area contributed by atoms with Crippen LogP contribution in [-0.2, 0) is 11.3 Å². The fourth-order valence-electron chi connectivity index (χ4n) is 3.46. The minimum atomic E-state index is 0.137. The second kappa shape index (κ2) is 6.61. The van der Waals surface area contributed by atoms with Crippen molar-refractivity contribution in [3.8, 4) is 0 Å². The Morgan fingerprint density at radius 3 is 2.09 bits per heavy atom. The van der Waals surface area contributed by atoms with Gasteiger partial charge in [0.05, 0.1) is 0 Å². The zero-order valence-corrected chi connectivity index (χ0v) is 14.3. The summed E-state index contributed by atoms with van der Waals surface area (Å²) in [6.07, 6.45) is 0. The molecule has 0 radical (unpaired) electrons. The highest BCUT2D eigenvalue weighted by atomic mass is 16.2. The molecule has 4 heteroatoms. The lowest BCUT2D eigenvalue weighted by Gasteiger charge is -2.35. The maximum absolute atomic E-state index is 11.9. The summed E-state index contributed by atoms with van der Waals surface area (Å²) in [7, 11) is 0. The van der Waals surface area contributed by atoms with Crippen LogP contribution in [0.1, 0.15) is 46.5 Å². The Hall–Kier alpha value is -1.68. The topological polar surface area (TPSA) is 40.6 Å². The molecule has 0 aromatic heterocycles. The Morgan fingerprint density at radius 2 is 1.59 bits per heavy atom. The number of piperazine rings is 1. The van der Waals surface area contributed by atoms with E-state index < -0.39 is 0 Å². The van der Waals surface area contributed by atoms with E-state index in [-0.39, 0.29) is 11.7 Å². The Balaban J connectivity index is 2.19. The molecule has 1 aromatic rings. The van der Waals surface area contributed by atoms with Crippen LogP contribution in [0.2, 0.25) is 0 Å². The van der Waals surface area contributed by atoms with Gasteiger partial charge in [-0.3, -0.25) is 14.5 Å². The van der Waals surface area contributed by atoms with Gasteiger partial charge in [0.15, 0.2) is 5.78 Å². The van der Waals surface area contributed by atoms with Crippen LogP contribution in [0.15, 0.2) is 6.07 Å². The number of carbonyl (C=O) groups is 2. The fraction of sp³-hybridized carbons (Fsp3) is 0.556. The van der Waals surface area contributed by atoms with Gasteiger partial charge in [0.2, 0.25) is 5.91 Å². The Labute approximate surface area is 133 Å². The molecule has 0 spiro atoms. The summed E-state index contributed by atoms with van der Waals surface area (Å²) in [4.78, 5) is 27.6. The highest BCUT2D eigenvalue weighted by Gasteiger charge is 2.21. The number of hydrogen-bond acceptors (Lipinski definition) is 3. The van der Waals surface area contributed by atoms with Crippen LogP contribution in [0.4, 0.5) is 0 Å². The minimum Gasteiger partial charge on any atom is -0.340 e. The summed E-state index contributed by atoms with van der Waals surface area (Å²) in [5, 5.41) is 0. The Kier molecular flexibility index (Phi) is 5.01. The van der Waals surface area contributed by atoms with Crippen molar-refractivity contribution in [3.63, 3.8) is 0 Å². The molecule has 1 fully saturated rings. The first-order valence-electron chi connectivity index (χ1n) is 7.89. The maximum atomic E-state index is 11.9. The highest BCUT2D eigenvalue weighted by molar-refractivity contribution is 5.97. The van der Waals surface area contributed by atoms with E-state index in [1.54, 1.807) is 13.8 Å². The predicted octanol–water partition coefficient (Wildman–Crippen LogP) is 2.48. The first-order valence-corrected chi connectivity index (χ1v) is 7.89. The summed E-state index contributed by atoms with van der Waals surface area (Å²) in [5.74, 6) is 0.291. The molecule has 1 aliphatic heterocycles. The molecule has 1 amide bonds. The molecule has 0 aliphatic carbocycles. The molecular weight excluding hydrogens is 276 g/mol. The normalized spacial score (nSPS) is 16.0. The average Bonchev–Trinajstić information content (AvgIpc) is 2.43. The summed E-state index contributed by atoms with van der Waals surface area (Å²) in [6.45, 7) is 13.7. The summed E-state index contributed by atoms with van der Waals surface area (Å²) < 4.78 is 0. The van der Waals surface area contributed by atoms with Crippen molar-refractivity contribution in [2.75, 3.05) is 26.2 Å². The largest absolute Gasteiger partial charge is 0.340 e. The maximum Gasteiger partial charge on any atom is 0.219 e. The van der Waals surface area contributed by atoms with Gasteiger partial charge >= 0.3 is 0 Å². The van der Waals surface area contributed by atoms with Crippen molar-refractivity contribution < 1.29 is 9.59 Å². The smallest absolute Gasteiger partial charge is 0.219 e. The van der Waals surface area contributed by atoms with Gasteiger partial charge in [-0.25, -0.2) is 0 Å². The first kappa shape index (κ1) is 16.7. The minimum absolute atomic E-state index is 0.137. The molecule has 0 bridgehead atoms. The van der Waals surface area contributed by atoms with Crippen LogP contribution >= 0.6 is 0 Å². The molecule has 1 saturated heterocycles. The van der Waals surface area contributed by atoms with Gasteiger partial charge in [-0.1, -0.05) is 6.07 Å². The number of benzene rings is 1. The molecule has 2 rings (SSSR count). The molecular formula is C18H26N2O2. The number of ketones is 1. The van der Waals surface area contributed by atoms with Gasteiger partial charge in [-0.15, -0.1) is 0 Å². The van der Waals surface area contributed by atoms with Crippen molar-refractivity contribution in [2.45, 2.75) is 41.2 Å². The van der Waals surface area contributed by atoms with Crippen LogP contribution in [0.3, 0.4) is 0 Å². The van der Waals surface area contributed by atoms with Gasteiger partial charge in [0, 0.05) is 45.2 Å². The fourth-order valence-corrected chi connectivity index (χ4v) is 3.46. The van der Waals surface area contributed by atoms with E-state index in [4.69, 9.17) is 0 Å². The van der Waals surface area contributed by atoms with Crippen molar-refractivity contribution in [1.82, 2.24) is 9.80 Å². The second-order valence-electron chi connectivity index (χ2n) is 6.33. The third-order valence-corrected chi connectivity index (χ3v) is 4.68. The van der Waals surface area contributed by atoms with Gasteiger partial charge in [0.1, 0.15) is 0 Å². The molecule has 0 unspecified atom stereocenters. The van der Waals surface area contributed by atoms with E-state index in [1.807, 2.05) is 11.8 Å². The van der Waals surface area contributed by atoms with Gasteiger partial charge in [-0.2, -0.15) is 0 Å². The lowest BCUT2D eigenvalue weighted by molar-refractivity contribution is -0.130. The molecule has 22 heavy (non-hydrogen) atoms. The zero-order valence-electron chi connectivity index (χ0n) is 14.3. The van der Waals surface area contributed by atoms with Crippen LogP contribution in [0.5, 0.6) is 0 Å². The Bertz CT molecular complexity index is 600. The SMILES string of the molecule is CC(=O)c1c(C)cc(C)c(CN2CCN(C(C)=O)CC2)c1C. The summed E-state index contributed by atoms with van der Waals surface area (Å²) in [5.41, 5.74) is 5.54. The van der Waals surface area contributed by atoms with Gasteiger partial charge in [0.25, 0.3) is 0 Å².